The zero-order valence-corrected chi connectivity index (χ0v) is 23.2. The highest BCUT2D eigenvalue weighted by Crippen LogP contribution is 2.46. The van der Waals surface area contributed by atoms with Gasteiger partial charge in [-0.25, -0.2) is 0 Å². The lowest BCUT2D eigenvalue weighted by Gasteiger charge is -2.12. The molecule has 1 aliphatic carbocycles. The fraction of sp³-hybridized carbons (Fsp3) is 0.355. The Hall–Kier alpha value is -4.02. The van der Waals surface area contributed by atoms with E-state index in [9.17, 15) is 10.1 Å². The number of benzene rings is 1. The maximum Gasteiger partial charge on any atom is 0.255 e. The van der Waals surface area contributed by atoms with Crippen LogP contribution in [0.4, 0.5) is 5.69 Å². The van der Waals surface area contributed by atoms with Crippen molar-refractivity contribution in [2.24, 2.45) is 16.5 Å². The van der Waals surface area contributed by atoms with Gasteiger partial charge in [-0.3, -0.25) is 14.8 Å². The predicted molar refractivity (Wildman–Crippen MR) is 158 cm³/mol. The van der Waals surface area contributed by atoms with Crippen LogP contribution < -0.4 is 16.8 Å². The van der Waals surface area contributed by atoms with E-state index in [4.69, 9.17) is 5.73 Å². The molecule has 0 bridgehead atoms. The minimum atomic E-state index is -0.525. The summed E-state index contributed by atoms with van der Waals surface area (Å²) in [5.41, 5.74) is 16.9. The number of rotatable bonds is 10. The fourth-order valence-electron chi connectivity index (χ4n) is 3.89. The van der Waals surface area contributed by atoms with Gasteiger partial charge in [-0.2, -0.15) is 5.26 Å². The van der Waals surface area contributed by atoms with Gasteiger partial charge in [0, 0.05) is 23.7 Å². The fourth-order valence-corrected chi connectivity index (χ4v) is 3.89. The Morgan fingerprint density at radius 3 is 2.61 bits per heavy atom. The highest BCUT2D eigenvalue weighted by molar-refractivity contribution is 6.04. The van der Waals surface area contributed by atoms with Crippen LogP contribution in [0.1, 0.15) is 73.6 Å². The third kappa shape index (κ3) is 7.99. The molecule has 1 aromatic carbocycles. The average Bonchev–Trinajstić information content (AvgIpc) is 3.76. The number of allylic oxidation sites excluding steroid dienone is 3. The van der Waals surface area contributed by atoms with Crippen molar-refractivity contribution in [3.05, 3.63) is 88.4 Å². The number of hydrogen-bond donors (Lipinski definition) is 3. The standard InChI is InChI=1S/C30H35N5O.CH5N/c1-5-6-7-25(23(4)18-31)19-33-14-10-22(3)27-17-26(9-8-21(27)2)35-29(36)24-11-15-34-28(16-24)30(20-32)12-13-30;1-2/h7-11,14-18H,5-6,12-13,19,31H2,1-4H3,(H,35,36);2H2,1H3/b22-10+,23-18-,25-7-,33-14?;. The molecule has 1 heterocycles. The zero-order chi connectivity index (χ0) is 28.1. The number of aryl methyl sites for hydroxylation is 1. The summed E-state index contributed by atoms with van der Waals surface area (Å²) < 4.78 is 0. The molecule has 0 atom stereocenters. The van der Waals surface area contributed by atoms with Gasteiger partial charge >= 0.3 is 0 Å². The van der Waals surface area contributed by atoms with Crippen LogP contribution in [0.2, 0.25) is 0 Å². The maximum atomic E-state index is 12.9. The van der Waals surface area contributed by atoms with E-state index in [1.54, 1.807) is 24.5 Å². The molecule has 0 unspecified atom stereocenters. The van der Waals surface area contributed by atoms with Crippen LogP contribution in [-0.2, 0) is 5.41 Å². The first-order valence-electron chi connectivity index (χ1n) is 13.0. The molecule has 1 fully saturated rings. The molecule has 0 spiro atoms. The van der Waals surface area contributed by atoms with Crippen molar-refractivity contribution in [3.63, 3.8) is 0 Å². The Morgan fingerprint density at radius 2 is 1.97 bits per heavy atom. The first-order chi connectivity index (χ1) is 18.3. The molecule has 2 aromatic rings. The van der Waals surface area contributed by atoms with Crippen LogP contribution >= 0.6 is 0 Å². The Labute approximate surface area is 227 Å². The van der Waals surface area contributed by atoms with E-state index in [0.29, 0.717) is 23.5 Å². The summed E-state index contributed by atoms with van der Waals surface area (Å²) in [6, 6.07) is 11.6. The first-order valence-corrected chi connectivity index (χ1v) is 13.0. The van der Waals surface area contributed by atoms with E-state index >= 15 is 0 Å². The van der Waals surface area contributed by atoms with Gasteiger partial charge < -0.3 is 16.8 Å². The summed E-state index contributed by atoms with van der Waals surface area (Å²) in [5, 5.41) is 12.4. The van der Waals surface area contributed by atoms with Gasteiger partial charge in [0.25, 0.3) is 5.91 Å². The summed E-state index contributed by atoms with van der Waals surface area (Å²) in [6.45, 7) is 8.81. The molecule has 1 aliphatic rings. The highest BCUT2D eigenvalue weighted by Gasteiger charge is 2.46. The van der Waals surface area contributed by atoms with Crippen LogP contribution in [0, 0.1) is 18.3 Å². The van der Waals surface area contributed by atoms with Crippen LogP contribution in [-0.4, -0.2) is 30.7 Å². The minimum absolute atomic E-state index is 0.222. The van der Waals surface area contributed by atoms with Crippen LogP contribution in [0.15, 0.2) is 71.0 Å². The number of hydrogen-bond acceptors (Lipinski definition) is 6. The van der Waals surface area contributed by atoms with Crippen molar-refractivity contribution in [1.82, 2.24) is 4.98 Å². The number of unbranched alkanes of at least 4 members (excludes halogenated alkanes) is 1. The van der Waals surface area contributed by atoms with E-state index in [1.165, 1.54) is 7.05 Å². The van der Waals surface area contributed by atoms with Crippen molar-refractivity contribution in [3.8, 4) is 6.07 Å². The van der Waals surface area contributed by atoms with Crippen molar-refractivity contribution in [1.29, 1.82) is 5.26 Å². The van der Waals surface area contributed by atoms with E-state index in [1.807, 2.05) is 51.3 Å². The molecule has 0 saturated heterocycles. The van der Waals surface area contributed by atoms with Gasteiger partial charge in [0.2, 0.25) is 0 Å². The second-order valence-electron chi connectivity index (χ2n) is 9.31. The molecular weight excluding hydrogens is 472 g/mol. The van der Waals surface area contributed by atoms with E-state index in [0.717, 1.165) is 53.5 Å². The van der Waals surface area contributed by atoms with E-state index in [-0.39, 0.29) is 5.91 Å². The lowest BCUT2D eigenvalue weighted by molar-refractivity contribution is 0.102. The molecule has 0 aliphatic heterocycles. The molecule has 200 valence electrons. The third-order valence-corrected chi connectivity index (χ3v) is 6.52. The molecule has 5 N–H and O–H groups in total. The number of carbonyl (C=O) groups excluding carboxylic acids is 1. The molecule has 7 heteroatoms. The lowest BCUT2D eigenvalue weighted by atomic mass is 10.0. The second-order valence-corrected chi connectivity index (χ2v) is 9.31. The Balaban J connectivity index is 0.00000247. The topological polar surface area (TPSA) is 130 Å². The predicted octanol–water partition coefficient (Wildman–Crippen LogP) is 5.84. The molecule has 1 saturated carbocycles. The number of aromatic nitrogens is 1. The van der Waals surface area contributed by atoms with Crippen molar-refractivity contribution in [2.75, 3.05) is 18.9 Å². The van der Waals surface area contributed by atoms with Crippen LogP contribution in [0.25, 0.3) is 5.57 Å². The number of carbonyl (C=O) groups is 1. The molecule has 0 radical (unpaired) electrons. The van der Waals surface area contributed by atoms with Gasteiger partial charge in [-0.1, -0.05) is 25.5 Å². The summed E-state index contributed by atoms with van der Waals surface area (Å²) in [5.74, 6) is -0.222. The molecular formula is C31H40N6O. The van der Waals surface area contributed by atoms with Gasteiger partial charge in [-0.05, 0) is 111 Å². The van der Waals surface area contributed by atoms with Crippen molar-refractivity contribution >= 4 is 23.4 Å². The zero-order valence-electron chi connectivity index (χ0n) is 23.2. The Bertz CT molecular complexity index is 1280. The number of amides is 1. The van der Waals surface area contributed by atoms with Crippen LogP contribution in [0.3, 0.4) is 0 Å². The number of aliphatic imine (C=N–C) groups is 1. The van der Waals surface area contributed by atoms with Gasteiger partial charge in [0.15, 0.2) is 0 Å². The number of nitrogens with two attached hydrogens (primary N) is 2. The molecule has 38 heavy (non-hydrogen) atoms. The monoisotopic (exact) mass is 512 g/mol. The SMILES string of the molecule is CCC/C=C(CN=C/C=C(\C)c1cc(NC(=O)c2ccnc(C3(C#N)CC3)c2)ccc1C)\C(C)=C/N.CN. The quantitative estimate of drug-likeness (QED) is 0.272. The summed E-state index contributed by atoms with van der Waals surface area (Å²) >= 11 is 0. The highest BCUT2D eigenvalue weighted by atomic mass is 16.1. The Kier molecular flexibility index (Phi) is 11.6. The van der Waals surface area contributed by atoms with Gasteiger partial charge in [-0.15, -0.1) is 0 Å². The minimum Gasteiger partial charge on any atom is -0.404 e. The first kappa shape index (κ1) is 30.2. The van der Waals surface area contributed by atoms with E-state index < -0.39 is 5.41 Å². The molecule has 1 aromatic heterocycles. The summed E-state index contributed by atoms with van der Waals surface area (Å²) in [6.07, 6.45) is 12.9. The lowest BCUT2D eigenvalue weighted by Crippen LogP contribution is -2.14. The molecule has 7 nitrogen and oxygen atoms in total. The number of anilines is 1. The van der Waals surface area contributed by atoms with Gasteiger partial charge in [0.05, 0.1) is 23.7 Å². The summed E-state index contributed by atoms with van der Waals surface area (Å²) in [4.78, 5) is 21.8. The number of nitriles is 1. The molecule has 1 amide bonds. The largest absolute Gasteiger partial charge is 0.404 e. The van der Waals surface area contributed by atoms with Crippen molar-refractivity contribution in [2.45, 2.75) is 58.8 Å². The third-order valence-electron chi connectivity index (χ3n) is 6.52. The van der Waals surface area contributed by atoms with Crippen LogP contribution in [0.5, 0.6) is 0 Å². The van der Waals surface area contributed by atoms with Gasteiger partial charge in [0.1, 0.15) is 0 Å². The smallest absolute Gasteiger partial charge is 0.255 e. The molecule has 3 rings (SSSR count). The number of nitrogens with one attached hydrogen (secondary N) is 1. The van der Waals surface area contributed by atoms with Crippen molar-refractivity contribution < 1.29 is 4.79 Å². The average molecular weight is 513 g/mol. The Morgan fingerprint density at radius 1 is 1.24 bits per heavy atom. The summed E-state index contributed by atoms with van der Waals surface area (Å²) in [7, 11) is 1.50. The number of pyridine rings is 1. The van der Waals surface area contributed by atoms with E-state index in [2.05, 4.69) is 40.1 Å². The maximum absolute atomic E-state index is 12.9. The number of nitrogens with zero attached hydrogens (tertiary/aromatic N) is 3. The normalized spacial score (nSPS) is 14.9. The second kappa shape index (κ2) is 14.7.